The van der Waals surface area contributed by atoms with E-state index >= 15 is 0 Å². The summed E-state index contributed by atoms with van der Waals surface area (Å²) in [6, 6.07) is 14.9. The van der Waals surface area contributed by atoms with Crippen LogP contribution in [0.4, 0.5) is 0 Å². The zero-order valence-electron chi connectivity index (χ0n) is 9.51. The number of rotatable bonds is 4. The van der Waals surface area contributed by atoms with Crippen LogP contribution >= 0.6 is 23.2 Å². The van der Waals surface area contributed by atoms with Crippen molar-refractivity contribution in [2.45, 2.75) is 6.61 Å². The van der Waals surface area contributed by atoms with E-state index in [1.165, 1.54) is 0 Å². The summed E-state index contributed by atoms with van der Waals surface area (Å²) in [6.07, 6.45) is 1.59. The SMILES string of the molecule is Clc1cccc(CON=Cc2ccccc2Cl)c1. The lowest BCUT2D eigenvalue weighted by molar-refractivity contribution is 0.132. The van der Waals surface area contributed by atoms with Crippen LogP contribution in [0.3, 0.4) is 0 Å². The van der Waals surface area contributed by atoms with Crippen molar-refractivity contribution >= 4 is 29.4 Å². The Morgan fingerprint density at radius 3 is 2.67 bits per heavy atom. The van der Waals surface area contributed by atoms with E-state index in [2.05, 4.69) is 5.16 Å². The van der Waals surface area contributed by atoms with Crippen LogP contribution in [-0.4, -0.2) is 6.21 Å². The van der Waals surface area contributed by atoms with Crippen molar-refractivity contribution in [3.63, 3.8) is 0 Å². The van der Waals surface area contributed by atoms with Crippen LogP contribution < -0.4 is 0 Å². The van der Waals surface area contributed by atoms with Gasteiger partial charge in [-0.3, -0.25) is 0 Å². The highest BCUT2D eigenvalue weighted by Crippen LogP contribution is 2.13. The number of halogens is 2. The van der Waals surface area contributed by atoms with E-state index in [0.717, 1.165) is 11.1 Å². The van der Waals surface area contributed by atoms with E-state index in [9.17, 15) is 0 Å². The van der Waals surface area contributed by atoms with Crippen molar-refractivity contribution in [3.05, 3.63) is 69.7 Å². The third-order valence-corrected chi connectivity index (χ3v) is 2.87. The van der Waals surface area contributed by atoms with Crippen molar-refractivity contribution < 1.29 is 4.84 Å². The molecule has 0 bridgehead atoms. The summed E-state index contributed by atoms with van der Waals surface area (Å²) >= 11 is 11.8. The van der Waals surface area contributed by atoms with E-state index < -0.39 is 0 Å². The molecular formula is C14H11Cl2NO. The van der Waals surface area contributed by atoms with Crippen LogP contribution in [0.25, 0.3) is 0 Å². The van der Waals surface area contributed by atoms with Crippen LogP contribution in [0, 0.1) is 0 Å². The zero-order valence-corrected chi connectivity index (χ0v) is 11.0. The average molecular weight is 280 g/mol. The molecule has 0 heterocycles. The van der Waals surface area contributed by atoms with Gasteiger partial charge in [0.1, 0.15) is 6.61 Å². The van der Waals surface area contributed by atoms with E-state index in [-0.39, 0.29) is 0 Å². The predicted octanol–water partition coefficient (Wildman–Crippen LogP) is 4.54. The summed E-state index contributed by atoms with van der Waals surface area (Å²) in [4.78, 5) is 5.19. The van der Waals surface area contributed by atoms with E-state index in [0.29, 0.717) is 16.7 Å². The lowest BCUT2D eigenvalue weighted by Gasteiger charge is -2.00. The standard InChI is InChI=1S/C14H11Cl2NO/c15-13-6-3-4-11(8-13)10-18-17-9-12-5-1-2-7-14(12)16/h1-9H,10H2. The first-order chi connectivity index (χ1) is 8.75. The van der Waals surface area contributed by atoms with Crippen LogP contribution in [0.2, 0.25) is 10.0 Å². The molecule has 0 aliphatic rings. The molecule has 2 aromatic rings. The first kappa shape index (κ1) is 12.9. The number of benzene rings is 2. The predicted molar refractivity (Wildman–Crippen MR) is 75.3 cm³/mol. The quantitative estimate of drug-likeness (QED) is 0.595. The topological polar surface area (TPSA) is 21.6 Å². The number of hydrogen-bond donors (Lipinski definition) is 0. The largest absolute Gasteiger partial charge is 0.391 e. The summed E-state index contributed by atoms with van der Waals surface area (Å²) in [7, 11) is 0. The fourth-order valence-corrected chi connectivity index (χ4v) is 1.81. The van der Waals surface area contributed by atoms with Crippen molar-refractivity contribution in [1.82, 2.24) is 0 Å². The van der Waals surface area contributed by atoms with Gasteiger partial charge in [-0.05, 0) is 23.8 Å². The highest BCUT2D eigenvalue weighted by Gasteiger charge is 1.95. The second-order valence-electron chi connectivity index (χ2n) is 3.66. The van der Waals surface area contributed by atoms with Gasteiger partial charge in [-0.25, -0.2) is 0 Å². The molecule has 2 nitrogen and oxygen atoms in total. The molecule has 0 aliphatic carbocycles. The normalized spacial score (nSPS) is 10.8. The van der Waals surface area contributed by atoms with Crippen LogP contribution in [0.1, 0.15) is 11.1 Å². The van der Waals surface area contributed by atoms with Crippen molar-refractivity contribution in [3.8, 4) is 0 Å². The molecule has 2 aromatic carbocycles. The molecule has 0 unspecified atom stereocenters. The number of nitrogens with zero attached hydrogens (tertiary/aromatic N) is 1. The summed E-state index contributed by atoms with van der Waals surface area (Å²) in [5.74, 6) is 0. The molecule has 0 saturated carbocycles. The third kappa shape index (κ3) is 3.76. The van der Waals surface area contributed by atoms with E-state index in [1.807, 2.05) is 42.5 Å². The van der Waals surface area contributed by atoms with Crippen molar-refractivity contribution in [2.75, 3.05) is 0 Å². The van der Waals surface area contributed by atoms with Gasteiger partial charge in [0, 0.05) is 15.6 Å². The van der Waals surface area contributed by atoms with Gasteiger partial charge in [0.25, 0.3) is 0 Å². The Labute approximate surface area is 116 Å². The van der Waals surface area contributed by atoms with Gasteiger partial charge >= 0.3 is 0 Å². The van der Waals surface area contributed by atoms with Gasteiger partial charge in [-0.1, -0.05) is 58.7 Å². The molecule has 18 heavy (non-hydrogen) atoms. The van der Waals surface area contributed by atoms with Gasteiger partial charge < -0.3 is 4.84 Å². The summed E-state index contributed by atoms with van der Waals surface area (Å²) in [6.45, 7) is 0.377. The van der Waals surface area contributed by atoms with Crippen molar-refractivity contribution in [2.24, 2.45) is 5.16 Å². The molecule has 0 radical (unpaired) electrons. The van der Waals surface area contributed by atoms with E-state index in [4.69, 9.17) is 28.0 Å². The van der Waals surface area contributed by atoms with E-state index in [1.54, 1.807) is 12.3 Å². The Morgan fingerprint density at radius 2 is 1.89 bits per heavy atom. The maximum atomic E-state index is 5.98. The molecule has 4 heteroatoms. The van der Waals surface area contributed by atoms with Gasteiger partial charge in [-0.15, -0.1) is 0 Å². The average Bonchev–Trinajstić information content (AvgIpc) is 2.37. The molecule has 0 aliphatic heterocycles. The highest BCUT2D eigenvalue weighted by atomic mass is 35.5. The summed E-state index contributed by atoms with van der Waals surface area (Å²) in [5.41, 5.74) is 1.80. The van der Waals surface area contributed by atoms with Crippen LogP contribution in [-0.2, 0) is 11.4 Å². The molecule has 0 N–H and O–H groups in total. The minimum atomic E-state index is 0.377. The fourth-order valence-electron chi connectivity index (χ4n) is 1.41. The maximum Gasteiger partial charge on any atom is 0.142 e. The second kappa shape index (κ2) is 6.43. The first-order valence-corrected chi connectivity index (χ1v) is 6.15. The minimum absolute atomic E-state index is 0.377. The molecule has 0 spiro atoms. The third-order valence-electron chi connectivity index (χ3n) is 2.29. The molecule has 0 fully saturated rings. The molecule has 0 saturated heterocycles. The molecule has 2 rings (SSSR count). The molecule has 0 atom stereocenters. The Balaban J connectivity index is 1.91. The van der Waals surface area contributed by atoms with Crippen molar-refractivity contribution in [1.29, 1.82) is 0 Å². The Hall–Kier alpha value is -1.51. The highest BCUT2D eigenvalue weighted by molar-refractivity contribution is 6.33. The smallest absolute Gasteiger partial charge is 0.142 e. The lowest BCUT2D eigenvalue weighted by atomic mass is 10.2. The summed E-state index contributed by atoms with van der Waals surface area (Å²) in [5, 5.41) is 5.21. The van der Waals surface area contributed by atoms with Gasteiger partial charge in [0.05, 0.1) is 6.21 Å². The molecule has 0 aromatic heterocycles. The Kier molecular flexibility index (Phi) is 4.62. The zero-order chi connectivity index (χ0) is 12.8. The lowest BCUT2D eigenvalue weighted by Crippen LogP contribution is -1.88. The number of oxime groups is 1. The maximum absolute atomic E-state index is 5.98. The number of hydrogen-bond acceptors (Lipinski definition) is 2. The van der Waals surface area contributed by atoms with Gasteiger partial charge in [0.15, 0.2) is 0 Å². The molecule has 0 amide bonds. The Morgan fingerprint density at radius 1 is 1.06 bits per heavy atom. The van der Waals surface area contributed by atoms with Crippen LogP contribution in [0.15, 0.2) is 53.7 Å². The van der Waals surface area contributed by atoms with Crippen LogP contribution in [0.5, 0.6) is 0 Å². The molecule has 92 valence electrons. The first-order valence-electron chi connectivity index (χ1n) is 5.40. The minimum Gasteiger partial charge on any atom is -0.391 e. The second-order valence-corrected chi connectivity index (χ2v) is 4.50. The Bertz CT molecular complexity index is 555. The monoisotopic (exact) mass is 279 g/mol. The molecular weight excluding hydrogens is 269 g/mol. The summed E-state index contributed by atoms with van der Waals surface area (Å²) < 4.78 is 0. The van der Waals surface area contributed by atoms with Gasteiger partial charge in [0.2, 0.25) is 0 Å². The van der Waals surface area contributed by atoms with Gasteiger partial charge in [-0.2, -0.15) is 0 Å². The fraction of sp³-hybridized carbons (Fsp3) is 0.0714.